The van der Waals surface area contributed by atoms with Crippen molar-refractivity contribution in [2.75, 3.05) is 25.5 Å². The van der Waals surface area contributed by atoms with Crippen molar-refractivity contribution in [2.24, 2.45) is 4.99 Å². The van der Waals surface area contributed by atoms with E-state index in [-0.39, 0.29) is 11.7 Å². The number of nitrogens with zero attached hydrogens (tertiary/aromatic N) is 3. The van der Waals surface area contributed by atoms with Gasteiger partial charge in [0.1, 0.15) is 5.75 Å². The van der Waals surface area contributed by atoms with Crippen LogP contribution in [0.4, 0.5) is 11.4 Å². The average Bonchev–Trinajstić information content (AvgIpc) is 2.91. The van der Waals surface area contributed by atoms with Crippen molar-refractivity contribution < 1.29 is 9.90 Å². The molecular formula is C21H21N3O2S. The molecule has 1 fully saturated rings. The minimum Gasteiger partial charge on any atom is -0.508 e. The van der Waals surface area contributed by atoms with E-state index < -0.39 is 0 Å². The fourth-order valence-electron chi connectivity index (χ4n) is 2.57. The lowest BCUT2D eigenvalue weighted by molar-refractivity contribution is -0.121. The summed E-state index contributed by atoms with van der Waals surface area (Å²) in [5.41, 5.74) is 2.64. The van der Waals surface area contributed by atoms with Gasteiger partial charge >= 0.3 is 0 Å². The fourth-order valence-corrected chi connectivity index (χ4v) is 3.58. The maximum Gasteiger partial charge on any atom is 0.267 e. The Morgan fingerprint density at radius 3 is 2.59 bits per heavy atom. The van der Waals surface area contributed by atoms with Gasteiger partial charge in [-0.05, 0) is 47.7 Å². The normalized spacial score (nSPS) is 17.0. The standard InChI is InChI=1S/C21H21N3O2S/c1-4-12-24-20(26)19(13-15-8-10-17(11-9-15)23(2)3)27-21(24)22-16-6-5-7-18(25)14-16/h4-11,13-14,25H,1,12H2,2-3H3. The number of aromatic hydroxyl groups is 1. The molecule has 2 aromatic carbocycles. The molecule has 0 radical (unpaired) electrons. The molecule has 1 aliphatic heterocycles. The highest BCUT2D eigenvalue weighted by molar-refractivity contribution is 8.18. The third-order valence-corrected chi connectivity index (χ3v) is 4.97. The Morgan fingerprint density at radius 1 is 1.22 bits per heavy atom. The highest BCUT2D eigenvalue weighted by Gasteiger charge is 2.32. The lowest BCUT2D eigenvalue weighted by Crippen LogP contribution is -2.29. The molecule has 3 rings (SSSR count). The summed E-state index contributed by atoms with van der Waals surface area (Å²) in [7, 11) is 3.97. The smallest absolute Gasteiger partial charge is 0.267 e. The Hall–Kier alpha value is -2.99. The van der Waals surface area contributed by atoms with Gasteiger partial charge in [0.25, 0.3) is 5.91 Å². The number of anilines is 1. The first kappa shape index (κ1) is 18.8. The van der Waals surface area contributed by atoms with Crippen molar-refractivity contribution in [3.05, 3.63) is 71.7 Å². The number of phenols is 1. The zero-order chi connectivity index (χ0) is 19.4. The SMILES string of the molecule is C=CCN1C(=O)C(=Cc2ccc(N(C)C)cc2)SC1=Nc1cccc(O)c1. The largest absolute Gasteiger partial charge is 0.508 e. The quantitative estimate of drug-likeness (QED) is 0.623. The summed E-state index contributed by atoms with van der Waals surface area (Å²) in [4.78, 5) is 21.5. The number of aliphatic imine (C=N–C) groups is 1. The van der Waals surface area contributed by atoms with E-state index >= 15 is 0 Å². The van der Waals surface area contributed by atoms with E-state index in [2.05, 4.69) is 11.6 Å². The van der Waals surface area contributed by atoms with Gasteiger partial charge < -0.3 is 10.0 Å². The number of hydrogen-bond acceptors (Lipinski definition) is 5. The Labute approximate surface area is 163 Å². The van der Waals surface area contributed by atoms with E-state index in [4.69, 9.17) is 0 Å². The predicted octanol–water partition coefficient (Wildman–Crippen LogP) is 4.25. The van der Waals surface area contributed by atoms with Gasteiger partial charge in [-0.15, -0.1) is 6.58 Å². The molecule has 138 valence electrons. The molecule has 0 aromatic heterocycles. The molecule has 27 heavy (non-hydrogen) atoms. The molecule has 1 heterocycles. The third kappa shape index (κ3) is 4.41. The van der Waals surface area contributed by atoms with E-state index in [1.165, 1.54) is 11.8 Å². The first-order chi connectivity index (χ1) is 13.0. The lowest BCUT2D eigenvalue weighted by atomic mass is 10.2. The van der Waals surface area contributed by atoms with Crippen LogP contribution in [0.3, 0.4) is 0 Å². The maximum absolute atomic E-state index is 12.8. The monoisotopic (exact) mass is 379 g/mol. The van der Waals surface area contributed by atoms with Crippen LogP contribution in [0.15, 0.2) is 71.1 Å². The summed E-state index contributed by atoms with van der Waals surface area (Å²) in [6.07, 6.45) is 3.54. The van der Waals surface area contributed by atoms with E-state index in [1.54, 1.807) is 35.2 Å². The molecule has 0 unspecified atom stereocenters. The Morgan fingerprint density at radius 2 is 1.96 bits per heavy atom. The minimum atomic E-state index is -0.101. The molecule has 0 spiro atoms. The van der Waals surface area contributed by atoms with Crippen molar-refractivity contribution >= 4 is 40.3 Å². The second-order valence-corrected chi connectivity index (χ2v) is 7.22. The molecule has 2 aromatic rings. The van der Waals surface area contributed by atoms with Crippen LogP contribution in [0.25, 0.3) is 6.08 Å². The van der Waals surface area contributed by atoms with Crippen LogP contribution in [0.1, 0.15) is 5.56 Å². The van der Waals surface area contributed by atoms with Crippen LogP contribution in [0.2, 0.25) is 0 Å². The van der Waals surface area contributed by atoms with Gasteiger partial charge in [-0.1, -0.05) is 24.3 Å². The van der Waals surface area contributed by atoms with Crippen LogP contribution >= 0.6 is 11.8 Å². The van der Waals surface area contributed by atoms with E-state index in [9.17, 15) is 9.90 Å². The minimum absolute atomic E-state index is 0.101. The summed E-state index contributed by atoms with van der Waals surface area (Å²) < 4.78 is 0. The van der Waals surface area contributed by atoms with Crippen LogP contribution in [-0.4, -0.2) is 41.7 Å². The average molecular weight is 379 g/mol. The van der Waals surface area contributed by atoms with E-state index in [0.29, 0.717) is 22.3 Å². The molecule has 0 aliphatic carbocycles. The molecule has 1 saturated heterocycles. The Balaban J connectivity index is 1.91. The molecular weight excluding hydrogens is 358 g/mol. The molecule has 0 bridgehead atoms. The Kier molecular flexibility index (Phi) is 5.66. The number of amidine groups is 1. The second kappa shape index (κ2) is 8.14. The van der Waals surface area contributed by atoms with Crippen LogP contribution < -0.4 is 4.90 Å². The molecule has 1 amide bonds. The number of rotatable bonds is 5. The summed E-state index contributed by atoms with van der Waals surface area (Å²) in [6, 6.07) is 14.6. The summed E-state index contributed by atoms with van der Waals surface area (Å²) in [6.45, 7) is 4.10. The van der Waals surface area contributed by atoms with Crippen LogP contribution in [0.5, 0.6) is 5.75 Å². The van der Waals surface area contributed by atoms with Gasteiger partial charge in [0.05, 0.1) is 10.6 Å². The number of hydrogen-bond donors (Lipinski definition) is 1. The van der Waals surface area contributed by atoms with Crippen LogP contribution in [0, 0.1) is 0 Å². The molecule has 1 N–H and O–H groups in total. The number of benzene rings is 2. The van der Waals surface area contributed by atoms with Crippen LogP contribution in [-0.2, 0) is 4.79 Å². The van der Waals surface area contributed by atoms with Gasteiger partial charge in [0.15, 0.2) is 5.17 Å². The molecule has 5 nitrogen and oxygen atoms in total. The summed E-state index contributed by atoms with van der Waals surface area (Å²) in [5, 5.41) is 10.2. The number of thioether (sulfide) groups is 1. The van der Waals surface area contributed by atoms with Gasteiger partial charge in [-0.25, -0.2) is 4.99 Å². The fraction of sp³-hybridized carbons (Fsp3) is 0.143. The van der Waals surface area contributed by atoms with Crippen molar-refractivity contribution in [3.63, 3.8) is 0 Å². The van der Waals surface area contributed by atoms with Gasteiger partial charge in [-0.2, -0.15) is 0 Å². The van der Waals surface area contributed by atoms with Gasteiger partial charge in [0, 0.05) is 32.4 Å². The molecule has 0 atom stereocenters. The number of carbonyl (C=O) groups is 1. The zero-order valence-corrected chi connectivity index (χ0v) is 16.1. The maximum atomic E-state index is 12.8. The molecule has 1 aliphatic rings. The van der Waals surface area contributed by atoms with Crippen molar-refractivity contribution in [1.29, 1.82) is 0 Å². The van der Waals surface area contributed by atoms with Gasteiger partial charge in [-0.3, -0.25) is 9.69 Å². The van der Waals surface area contributed by atoms with Crippen molar-refractivity contribution in [2.45, 2.75) is 0 Å². The first-order valence-corrected chi connectivity index (χ1v) is 9.27. The number of phenolic OH excluding ortho intramolecular Hbond substituents is 1. The molecule has 0 saturated carbocycles. The summed E-state index contributed by atoms with van der Waals surface area (Å²) in [5.74, 6) is 0.0358. The summed E-state index contributed by atoms with van der Waals surface area (Å²) >= 11 is 1.32. The van der Waals surface area contributed by atoms with E-state index in [0.717, 1.165) is 11.3 Å². The van der Waals surface area contributed by atoms with E-state index in [1.807, 2.05) is 49.3 Å². The zero-order valence-electron chi connectivity index (χ0n) is 15.3. The highest BCUT2D eigenvalue weighted by atomic mass is 32.2. The molecule has 6 heteroatoms. The third-order valence-electron chi connectivity index (χ3n) is 3.96. The highest BCUT2D eigenvalue weighted by Crippen LogP contribution is 2.34. The Bertz CT molecular complexity index is 917. The lowest BCUT2D eigenvalue weighted by Gasteiger charge is -2.12. The topological polar surface area (TPSA) is 56.1 Å². The predicted molar refractivity (Wildman–Crippen MR) is 113 cm³/mol. The second-order valence-electron chi connectivity index (χ2n) is 6.22. The van der Waals surface area contributed by atoms with Crippen molar-refractivity contribution in [1.82, 2.24) is 4.90 Å². The van der Waals surface area contributed by atoms with Crippen molar-refractivity contribution in [3.8, 4) is 5.75 Å². The van der Waals surface area contributed by atoms with Gasteiger partial charge in [0.2, 0.25) is 0 Å². The number of amides is 1. The number of carbonyl (C=O) groups excluding carboxylic acids is 1. The first-order valence-electron chi connectivity index (χ1n) is 8.45.